The highest BCUT2D eigenvalue weighted by Crippen LogP contribution is 2.29. The summed E-state index contributed by atoms with van der Waals surface area (Å²) in [5.74, 6) is -2.95. The lowest BCUT2D eigenvalue weighted by molar-refractivity contribution is -0.216. The molecule has 1 amide bonds. The molecule has 1 aliphatic carbocycles. The van der Waals surface area contributed by atoms with Crippen LogP contribution in [0.1, 0.15) is 31.7 Å². The average Bonchev–Trinajstić information content (AvgIpc) is 3.73. The quantitative estimate of drug-likeness (QED) is 0.215. The molecule has 1 heterocycles. The number of hydrogen-bond acceptors (Lipinski definition) is 7. The summed E-state index contributed by atoms with van der Waals surface area (Å²) in [6.45, 7) is 0.150. The van der Waals surface area contributed by atoms with Crippen LogP contribution in [0.15, 0.2) is 47.5 Å². The minimum absolute atomic E-state index is 0.191. The molecule has 0 bridgehead atoms. The molecule has 1 fully saturated rings. The number of hydrogen-bond donors (Lipinski definition) is 1. The number of alkyl halides is 3. The summed E-state index contributed by atoms with van der Waals surface area (Å²) in [4.78, 5) is 30.8. The number of rotatable bonds is 10. The molecule has 1 aliphatic rings. The number of hydroxylamine groups is 2. The summed E-state index contributed by atoms with van der Waals surface area (Å²) in [5.41, 5.74) is 1.58. The fourth-order valence-corrected chi connectivity index (χ4v) is 5.36. The number of aromatic nitrogens is 2. The number of carbonyl (C=O) groups is 1. The third-order valence-corrected chi connectivity index (χ3v) is 9.66. The Morgan fingerprint density at radius 2 is 1.78 bits per heavy atom. The maximum absolute atomic E-state index is 14.8. The first-order valence-electron chi connectivity index (χ1n) is 12.8. The normalized spacial score (nSPS) is 15.7. The van der Waals surface area contributed by atoms with E-state index in [1.54, 1.807) is 24.3 Å². The summed E-state index contributed by atoms with van der Waals surface area (Å²) < 4.78 is 76.8. The van der Waals surface area contributed by atoms with Gasteiger partial charge in [0.2, 0.25) is 0 Å². The van der Waals surface area contributed by atoms with Crippen LogP contribution in [0.2, 0.25) is 0 Å². The summed E-state index contributed by atoms with van der Waals surface area (Å²) in [7, 11) is -2.14. The Kier molecular flexibility index (Phi) is 8.31. The fraction of sp³-hybridized carbons (Fsp3) is 0.444. The maximum atomic E-state index is 14.8. The number of aryl methyl sites for hydroxylation is 1. The van der Waals surface area contributed by atoms with Crippen molar-refractivity contribution in [2.45, 2.75) is 56.2 Å². The van der Waals surface area contributed by atoms with Gasteiger partial charge in [-0.1, -0.05) is 18.2 Å². The van der Waals surface area contributed by atoms with E-state index >= 15 is 0 Å². The summed E-state index contributed by atoms with van der Waals surface area (Å²) in [6, 6.07) is 10.2. The van der Waals surface area contributed by atoms with E-state index in [1.165, 1.54) is 18.5 Å². The first-order valence-corrected chi connectivity index (χ1v) is 14.6. The van der Waals surface area contributed by atoms with Crippen molar-refractivity contribution in [3.63, 3.8) is 0 Å². The molecular weight excluding hydrogens is 568 g/mol. The third-order valence-electron chi connectivity index (χ3n) is 7.54. The number of amides is 1. The largest absolute Gasteiger partial charge is 0.473 e. The van der Waals surface area contributed by atoms with E-state index in [1.807, 2.05) is 7.05 Å². The molecule has 1 aromatic heterocycles. The van der Waals surface area contributed by atoms with Crippen LogP contribution in [-0.4, -0.2) is 75.9 Å². The van der Waals surface area contributed by atoms with Gasteiger partial charge in [-0.25, -0.2) is 22.9 Å². The summed E-state index contributed by atoms with van der Waals surface area (Å²) >= 11 is 0. The van der Waals surface area contributed by atoms with Crippen molar-refractivity contribution in [1.82, 2.24) is 19.5 Å². The van der Waals surface area contributed by atoms with Crippen LogP contribution in [0.5, 0.6) is 0 Å². The predicted octanol–water partition coefficient (Wildman–Crippen LogP) is 3.77. The Hall–Kier alpha value is -3.36. The first kappa shape index (κ1) is 30.6. The van der Waals surface area contributed by atoms with Crippen LogP contribution in [0.25, 0.3) is 22.0 Å². The smallest absolute Gasteiger partial charge is 0.299 e. The predicted molar refractivity (Wildman–Crippen MR) is 143 cm³/mol. The van der Waals surface area contributed by atoms with Gasteiger partial charge in [-0.05, 0) is 62.6 Å². The van der Waals surface area contributed by atoms with Crippen molar-refractivity contribution in [2.24, 2.45) is 0 Å². The van der Waals surface area contributed by atoms with Gasteiger partial charge in [0, 0.05) is 31.0 Å². The second kappa shape index (κ2) is 11.1. The Bertz CT molecular complexity index is 1640. The molecule has 0 unspecified atom stereocenters. The van der Waals surface area contributed by atoms with Gasteiger partial charge in [-0.3, -0.25) is 24.3 Å². The van der Waals surface area contributed by atoms with Gasteiger partial charge in [0.25, 0.3) is 5.56 Å². The molecule has 9 nitrogen and oxygen atoms in total. The van der Waals surface area contributed by atoms with Crippen molar-refractivity contribution < 1.29 is 36.0 Å². The zero-order valence-electron chi connectivity index (χ0n) is 22.7. The van der Waals surface area contributed by atoms with E-state index in [2.05, 4.69) is 9.88 Å². The average molecular weight is 599 g/mol. The monoisotopic (exact) mass is 598 g/mol. The SMILES string of the molecule is CN(Cc1ccc(-c2ccc3c(=O)n(CC[C@](C)(CN(O)C(=O)C(F)(F)F)S(C)(=O)=O)cnc3c2)cc1F)C1CC1. The highest BCUT2D eigenvalue weighted by molar-refractivity contribution is 7.92. The lowest BCUT2D eigenvalue weighted by Gasteiger charge is -2.31. The van der Waals surface area contributed by atoms with Crippen LogP contribution in [-0.2, 0) is 27.7 Å². The van der Waals surface area contributed by atoms with E-state index in [0.717, 1.165) is 30.6 Å². The highest BCUT2D eigenvalue weighted by Gasteiger charge is 2.46. The van der Waals surface area contributed by atoms with Gasteiger partial charge in [-0.2, -0.15) is 13.2 Å². The van der Waals surface area contributed by atoms with E-state index < -0.39 is 50.3 Å². The lowest BCUT2D eigenvalue weighted by atomic mass is 10.0. The number of sulfone groups is 1. The Balaban J connectivity index is 1.54. The second-order valence-electron chi connectivity index (χ2n) is 10.8. The highest BCUT2D eigenvalue weighted by atomic mass is 32.2. The van der Waals surface area contributed by atoms with Gasteiger partial charge < -0.3 is 0 Å². The zero-order valence-corrected chi connectivity index (χ0v) is 23.5. The number of carbonyl (C=O) groups excluding carboxylic acids is 1. The molecule has 2 aromatic carbocycles. The summed E-state index contributed by atoms with van der Waals surface area (Å²) in [5, 5.41) is 9.17. The number of halogens is 4. The molecule has 1 N–H and O–H groups in total. The molecule has 4 rings (SSSR count). The van der Waals surface area contributed by atoms with Crippen LogP contribution in [0.3, 0.4) is 0 Å². The van der Waals surface area contributed by atoms with Gasteiger partial charge >= 0.3 is 12.1 Å². The molecule has 1 saturated carbocycles. The second-order valence-corrected chi connectivity index (χ2v) is 13.3. The van der Waals surface area contributed by atoms with Crippen LogP contribution in [0, 0.1) is 5.82 Å². The molecule has 0 aliphatic heterocycles. The fourth-order valence-electron chi connectivity index (χ4n) is 4.54. The molecule has 41 heavy (non-hydrogen) atoms. The standard InChI is InChI=1S/C27H30F4N4O5S/c1-26(41(3,39)40,15-35(38)25(37)27(29,30)31)10-11-34-16-32-23-13-18(6-9-21(23)24(34)36)17-4-5-19(22(28)12-17)14-33(2)20-7-8-20/h4-6,9,12-13,16,20,38H,7-8,10-11,14-15H2,1-3H3/t26-/m1/s1. The molecule has 222 valence electrons. The number of benzene rings is 2. The van der Waals surface area contributed by atoms with Crippen LogP contribution < -0.4 is 5.56 Å². The minimum atomic E-state index is -5.40. The van der Waals surface area contributed by atoms with Crippen molar-refractivity contribution in [2.75, 3.05) is 19.8 Å². The van der Waals surface area contributed by atoms with Crippen molar-refractivity contribution in [3.05, 3.63) is 64.5 Å². The lowest BCUT2D eigenvalue weighted by Crippen LogP contribution is -2.51. The van der Waals surface area contributed by atoms with E-state index in [0.29, 0.717) is 34.8 Å². The third kappa shape index (κ3) is 6.76. The molecule has 3 aromatic rings. The topological polar surface area (TPSA) is 113 Å². The van der Waals surface area contributed by atoms with E-state index in [9.17, 15) is 40.8 Å². The molecule has 0 saturated heterocycles. The Labute approximate surface area is 233 Å². The maximum Gasteiger partial charge on any atom is 0.473 e. The minimum Gasteiger partial charge on any atom is -0.299 e. The van der Waals surface area contributed by atoms with Crippen LogP contribution in [0.4, 0.5) is 17.6 Å². The van der Waals surface area contributed by atoms with Crippen molar-refractivity contribution in [1.29, 1.82) is 0 Å². The van der Waals surface area contributed by atoms with Gasteiger partial charge in [0.05, 0.1) is 28.5 Å². The molecule has 0 spiro atoms. The van der Waals surface area contributed by atoms with E-state index in [4.69, 9.17) is 0 Å². The number of fused-ring (bicyclic) bond motifs is 1. The van der Waals surface area contributed by atoms with Crippen LogP contribution >= 0.6 is 0 Å². The van der Waals surface area contributed by atoms with Crippen molar-refractivity contribution >= 4 is 26.6 Å². The van der Waals surface area contributed by atoms with Gasteiger partial charge in [0.1, 0.15) is 5.82 Å². The number of nitrogens with zero attached hydrogens (tertiary/aromatic N) is 4. The molecule has 0 radical (unpaired) electrons. The van der Waals surface area contributed by atoms with Gasteiger partial charge in [-0.15, -0.1) is 0 Å². The molecular formula is C27H30F4N4O5S. The zero-order chi connectivity index (χ0) is 30.3. The Morgan fingerprint density at radius 3 is 2.37 bits per heavy atom. The van der Waals surface area contributed by atoms with Gasteiger partial charge in [0.15, 0.2) is 9.84 Å². The van der Waals surface area contributed by atoms with E-state index in [-0.39, 0.29) is 17.7 Å². The molecule has 14 heteroatoms. The molecule has 1 atom stereocenters. The van der Waals surface area contributed by atoms with Crippen molar-refractivity contribution in [3.8, 4) is 11.1 Å². The summed E-state index contributed by atoms with van der Waals surface area (Å²) in [6.07, 6.45) is -1.63. The first-order chi connectivity index (χ1) is 19.0. The Morgan fingerprint density at radius 1 is 1.15 bits per heavy atom.